The zero-order chi connectivity index (χ0) is 15.2. The van der Waals surface area contributed by atoms with Gasteiger partial charge in [0.1, 0.15) is 11.6 Å². The number of pyridine rings is 1. The smallest absolute Gasteiger partial charge is 0.276 e. The van der Waals surface area contributed by atoms with Crippen LogP contribution in [0.15, 0.2) is 12.1 Å². The average Bonchev–Trinajstić information content (AvgIpc) is 2.69. The number of hydrogen-bond acceptors (Lipinski definition) is 5. The van der Waals surface area contributed by atoms with Crippen LogP contribution in [0.1, 0.15) is 46.0 Å². The summed E-state index contributed by atoms with van der Waals surface area (Å²) in [4.78, 5) is 17.6. The summed E-state index contributed by atoms with van der Waals surface area (Å²) < 4.78 is 0. The Balaban J connectivity index is 2.31. The highest BCUT2D eigenvalue weighted by Gasteiger charge is 2.21. The maximum absolute atomic E-state index is 11.1. The summed E-state index contributed by atoms with van der Waals surface area (Å²) >= 11 is 0. The standard InChI is InChI=1S/C15H24N4O2/c1-3-8-16-14-10-13(19(20)21)11-15(17-14)18-9-6-4-5-7-12(18)2/h10-12H,3-9H2,1-2H3,(H,16,17). The second-order valence-corrected chi connectivity index (χ2v) is 5.64. The van der Waals surface area contributed by atoms with Crippen LogP contribution in [0.25, 0.3) is 0 Å². The summed E-state index contributed by atoms with van der Waals surface area (Å²) in [6.45, 7) is 5.92. The fourth-order valence-electron chi connectivity index (χ4n) is 2.71. The topological polar surface area (TPSA) is 71.3 Å². The summed E-state index contributed by atoms with van der Waals surface area (Å²) in [6, 6.07) is 3.49. The van der Waals surface area contributed by atoms with Crippen LogP contribution in [-0.4, -0.2) is 29.0 Å². The molecule has 0 saturated carbocycles. The molecule has 1 aliphatic heterocycles. The van der Waals surface area contributed by atoms with E-state index in [0.29, 0.717) is 11.9 Å². The predicted molar refractivity (Wildman–Crippen MR) is 84.9 cm³/mol. The number of nitrogens with one attached hydrogen (secondary N) is 1. The van der Waals surface area contributed by atoms with E-state index in [1.165, 1.54) is 18.9 Å². The van der Waals surface area contributed by atoms with E-state index in [4.69, 9.17) is 0 Å². The van der Waals surface area contributed by atoms with E-state index in [-0.39, 0.29) is 10.6 Å². The quantitative estimate of drug-likeness (QED) is 0.663. The molecule has 0 amide bonds. The molecule has 0 aliphatic carbocycles. The number of anilines is 2. The van der Waals surface area contributed by atoms with Crippen molar-refractivity contribution in [1.29, 1.82) is 0 Å². The van der Waals surface area contributed by atoms with E-state index in [1.54, 1.807) is 6.07 Å². The van der Waals surface area contributed by atoms with E-state index >= 15 is 0 Å². The number of nitro groups is 1. The molecule has 1 unspecified atom stereocenters. The van der Waals surface area contributed by atoms with Crippen LogP contribution in [-0.2, 0) is 0 Å². The summed E-state index contributed by atoms with van der Waals surface area (Å²) in [5, 5.41) is 14.3. The lowest BCUT2D eigenvalue weighted by Crippen LogP contribution is -2.33. The molecule has 1 saturated heterocycles. The second-order valence-electron chi connectivity index (χ2n) is 5.64. The van der Waals surface area contributed by atoms with Crippen molar-refractivity contribution in [2.75, 3.05) is 23.3 Å². The number of aromatic nitrogens is 1. The van der Waals surface area contributed by atoms with Crippen molar-refractivity contribution in [3.8, 4) is 0 Å². The molecule has 1 aromatic rings. The van der Waals surface area contributed by atoms with E-state index in [0.717, 1.165) is 38.2 Å². The molecule has 1 aliphatic rings. The van der Waals surface area contributed by atoms with Gasteiger partial charge in [0.2, 0.25) is 0 Å². The van der Waals surface area contributed by atoms with Crippen molar-refractivity contribution in [1.82, 2.24) is 4.98 Å². The molecule has 6 nitrogen and oxygen atoms in total. The Kier molecular flexibility index (Phi) is 5.36. The molecule has 116 valence electrons. The molecule has 21 heavy (non-hydrogen) atoms. The molecule has 1 fully saturated rings. The van der Waals surface area contributed by atoms with Crippen LogP contribution < -0.4 is 10.2 Å². The molecular weight excluding hydrogens is 268 g/mol. The fourth-order valence-corrected chi connectivity index (χ4v) is 2.71. The normalized spacial score (nSPS) is 19.1. The third-order valence-electron chi connectivity index (χ3n) is 3.91. The highest BCUT2D eigenvalue weighted by atomic mass is 16.6. The van der Waals surface area contributed by atoms with Crippen LogP contribution in [0.3, 0.4) is 0 Å². The van der Waals surface area contributed by atoms with Gasteiger partial charge in [0, 0.05) is 19.1 Å². The van der Waals surface area contributed by atoms with Gasteiger partial charge in [-0.15, -0.1) is 0 Å². The maximum Gasteiger partial charge on any atom is 0.276 e. The summed E-state index contributed by atoms with van der Waals surface area (Å²) in [6.07, 6.45) is 5.62. The van der Waals surface area contributed by atoms with Crippen LogP contribution in [0.4, 0.5) is 17.3 Å². The minimum absolute atomic E-state index is 0.107. The van der Waals surface area contributed by atoms with Gasteiger partial charge in [0.15, 0.2) is 0 Å². The van der Waals surface area contributed by atoms with E-state index in [2.05, 4.69) is 29.0 Å². The van der Waals surface area contributed by atoms with Crippen molar-refractivity contribution >= 4 is 17.3 Å². The van der Waals surface area contributed by atoms with Gasteiger partial charge in [-0.2, -0.15) is 0 Å². The fraction of sp³-hybridized carbons (Fsp3) is 0.667. The molecule has 1 aromatic heterocycles. The van der Waals surface area contributed by atoms with Gasteiger partial charge in [0.25, 0.3) is 5.69 Å². The highest BCUT2D eigenvalue weighted by Crippen LogP contribution is 2.27. The Morgan fingerprint density at radius 3 is 2.95 bits per heavy atom. The summed E-state index contributed by atoms with van der Waals surface area (Å²) in [7, 11) is 0. The Morgan fingerprint density at radius 1 is 1.43 bits per heavy atom. The highest BCUT2D eigenvalue weighted by molar-refractivity contribution is 5.56. The van der Waals surface area contributed by atoms with Crippen LogP contribution in [0.2, 0.25) is 0 Å². The van der Waals surface area contributed by atoms with Crippen molar-refractivity contribution < 1.29 is 4.92 Å². The van der Waals surface area contributed by atoms with Gasteiger partial charge in [0.05, 0.1) is 17.1 Å². The first-order chi connectivity index (χ1) is 10.1. The second kappa shape index (κ2) is 7.24. The van der Waals surface area contributed by atoms with Crippen molar-refractivity contribution in [3.05, 3.63) is 22.2 Å². The Bertz CT molecular complexity index is 493. The molecule has 2 rings (SSSR count). The van der Waals surface area contributed by atoms with E-state index < -0.39 is 0 Å². The van der Waals surface area contributed by atoms with Crippen molar-refractivity contribution in [2.24, 2.45) is 0 Å². The Morgan fingerprint density at radius 2 is 2.24 bits per heavy atom. The first-order valence-corrected chi connectivity index (χ1v) is 7.78. The zero-order valence-corrected chi connectivity index (χ0v) is 12.8. The van der Waals surface area contributed by atoms with Gasteiger partial charge >= 0.3 is 0 Å². The molecule has 0 spiro atoms. The molecular formula is C15H24N4O2. The average molecular weight is 292 g/mol. The molecule has 6 heteroatoms. The zero-order valence-electron chi connectivity index (χ0n) is 12.8. The minimum Gasteiger partial charge on any atom is -0.370 e. The lowest BCUT2D eigenvalue weighted by Gasteiger charge is -2.28. The van der Waals surface area contributed by atoms with Gasteiger partial charge < -0.3 is 10.2 Å². The molecule has 2 heterocycles. The van der Waals surface area contributed by atoms with Gasteiger partial charge in [-0.3, -0.25) is 10.1 Å². The first kappa shape index (κ1) is 15.5. The van der Waals surface area contributed by atoms with E-state index in [9.17, 15) is 10.1 Å². The first-order valence-electron chi connectivity index (χ1n) is 7.78. The van der Waals surface area contributed by atoms with Gasteiger partial charge in [-0.25, -0.2) is 4.98 Å². The molecule has 0 radical (unpaired) electrons. The number of nitrogens with zero attached hydrogens (tertiary/aromatic N) is 3. The van der Waals surface area contributed by atoms with Gasteiger partial charge in [-0.1, -0.05) is 19.8 Å². The third kappa shape index (κ3) is 4.06. The largest absolute Gasteiger partial charge is 0.370 e. The monoisotopic (exact) mass is 292 g/mol. The van der Waals surface area contributed by atoms with Crippen molar-refractivity contribution in [2.45, 2.75) is 52.0 Å². The summed E-state index contributed by atoms with van der Waals surface area (Å²) in [5.74, 6) is 1.31. The lowest BCUT2D eigenvalue weighted by molar-refractivity contribution is -0.384. The predicted octanol–water partition coefficient (Wildman–Crippen LogP) is 3.58. The third-order valence-corrected chi connectivity index (χ3v) is 3.91. The molecule has 1 N–H and O–H groups in total. The maximum atomic E-state index is 11.1. The Hall–Kier alpha value is -1.85. The Labute approximate surface area is 125 Å². The summed E-state index contributed by atoms with van der Waals surface area (Å²) in [5.41, 5.74) is 0.107. The van der Waals surface area contributed by atoms with Crippen molar-refractivity contribution in [3.63, 3.8) is 0 Å². The van der Waals surface area contributed by atoms with E-state index in [1.807, 2.05) is 0 Å². The molecule has 0 aromatic carbocycles. The number of rotatable bonds is 5. The molecule has 1 atom stereocenters. The SMILES string of the molecule is CCCNc1cc([N+](=O)[O-])cc(N2CCCCCC2C)n1. The minimum atomic E-state index is -0.342. The molecule has 0 bridgehead atoms. The van der Waals surface area contributed by atoms with Gasteiger partial charge in [-0.05, 0) is 26.2 Å². The van der Waals surface area contributed by atoms with Crippen LogP contribution in [0, 0.1) is 10.1 Å². The van der Waals surface area contributed by atoms with Crippen LogP contribution >= 0.6 is 0 Å². The van der Waals surface area contributed by atoms with Crippen LogP contribution in [0.5, 0.6) is 0 Å². The number of hydrogen-bond donors (Lipinski definition) is 1. The lowest BCUT2D eigenvalue weighted by atomic mass is 10.1.